The minimum absolute atomic E-state index is 0.0226. The van der Waals surface area contributed by atoms with Gasteiger partial charge in [-0.2, -0.15) is 5.26 Å². The molecule has 1 aliphatic rings. The number of rotatable bonds is 8. The molecule has 19 heavy (non-hydrogen) atoms. The van der Waals surface area contributed by atoms with Gasteiger partial charge in [0.1, 0.15) is 0 Å². The van der Waals surface area contributed by atoms with Crippen LogP contribution in [0.4, 0.5) is 0 Å². The molecule has 1 aliphatic carbocycles. The van der Waals surface area contributed by atoms with Crippen LogP contribution in [0.3, 0.4) is 0 Å². The summed E-state index contributed by atoms with van der Waals surface area (Å²) in [5, 5.41) is 12.4. The van der Waals surface area contributed by atoms with Gasteiger partial charge in [0.15, 0.2) is 0 Å². The lowest BCUT2D eigenvalue weighted by Crippen LogP contribution is -2.38. The fourth-order valence-electron chi connectivity index (χ4n) is 3.04. The monoisotopic (exact) mass is 265 g/mol. The third-order valence-corrected chi connectivity index (χ3v) is 4.58. The summed E-state index contributed by atoms with van der Waals surface area (Å²) in [6.07, 6.45) is 8.84. The highest BCUT2D eigenvalue weighted by atomic mass is 15.1. The van der Waals surface area contributed by atoms with E-state index in [0.29, 0.717) is 0 Å². The maximum Gasteiger partial charge on any atom is 0.0965 e. The Morgan fingerprint density at radius 1 is 1.26 bits per heavy atom. The summed E-state index contributed by atoms with van der Waals surface area (Å²) in [6.45, 7) is 6.44. The van der Waals surface area contributed by atoms with Gasteiger partial charge in [0.25, 0.3) is 0 Å². The predicted octanol–water partition coefficient (Wildman–Crippen LogP) is 3.17. The molecular formula is C16H31N3. The molecule has 3 heteroatoms. The van der Waals surface area contributed by atoms with Gasteiger partial charge in [-0.3, -0.25) is 0 Å². The highest BCUT2D eigenvalue weighted by molar-refractivity contribution is 4.90. The number of nitrogens with zero attached hydrogens (tertiary/aromatic N) is 2. The zero-order valence-electron chi connectivity index (χ0n) is 13.0. The highest BCUT2D eigenvalue weighted by Gasteiger charge is 2.23. The van der Waals surface area contributed by atoms with E-state index in [9.17, 15) is 0 Å². The van der Waals surface area contributed by atoms with Gasteiger partial charge >= 0.3 is 0 Å². The van der Waals surface area contributed by atoms with Crippen molar-refractivity contribution in [1.82, 2.24) is 10.2 Å². The average molecular weight is 265 g/mol. The van der Waals surface area contributed by atoms with Crippen LogP contribution in [0.15, 0.2) is 0 Å². The summed E-state index contributed by atoms with van der Waals surface area (Å²) < 4.78 is 0. The standard InChI is InChI=1S/C16H31N3/c1-4-11-18-15(13-17)10-12-19(3)16-8-6-14(5-2)7-9-16/h14-16,18H,4-12H2,1-3H3. The van der Waals surface area contributed by atoms with Crippen LogP contribution in [0.25, 0.3) is 0 Å². The Morgan fingerprint density at radius 3 is 2.47 bits per heavy atom. The van der Waals surface area contributed by atoms with Crippen molar-refractivity contribution in [2.75, 3.05) is 20.1 Å². The van der Waals surface area contributed by atoms with E-state index in [-0.39, 0.29) is 6.04 Å². The molecule has 1 atom stereocenters. The van der Waals surface area contributed by atoms with Crippen LogP contribution in [0.5, 0.6) is 0 Å². The molecule has 1 N–H and O–H groups in total. The molecule has 3 nitrogen and oxygen atoms in total. The Hall–Kier alpha value is -0.590. The van der Waals surface area contributed by atoms with E-state index in [0.717, 1.165) is 37.9 Å². The van der Waals surface area contributed by atoms with Gasteiger partial charge in [0.05, 0.1) is 12.1 Å². The van der Waals surface area contributed by atoms with Crippen LogP contribution in [-0.2, 0) is 0 Å². The van der Waals surface area contributed by atoms with Crippen molar-refractivity contribution in [2.24, 2.45) is 5.92 Å². The largest absolute Gasteiger partial charge is 0.303 e. The molecule has 110 valence electrons. The van der Waals surface area contributed by atoms with Crippen LogP contribution in [0, 0.1) is 17.2 Å². The quantitative estimate of drug-likeness (QED) is 0.732. The Bertz CT molecular complexity index is 264. The first-order valence-corrected chi connectivity index (χ1v) is 8.04. The van der Waals surface area contributed by atoms with E-state index < -0.39 is 0 Å². The van der Waals surface area contributed by atoms with Gasteiger partial charge in [-0.15, -0.1) is 0 Å². The van der Waals surface area contributed by atoms with Crippen molar-refractivity contribution < 1.29 is 0 Å². The lowest BCUT2D eigenvalue weighted by Gasteiger charge is -2.34. The maximum absolute atomic E-state index is 9.11. The van der Waals surface area contributed by atoms with Crippen LogP contribution in [0.1, 0.15) is 58.8 Å². The Labute approximate surface area is 119 Å². The lowest BCUT2D eigenvalue weighted by molar-refractivity contribution is 0.160. The fraction of sp³-hybridized carbons (Fsp3) is 0.938. The van der Waals surface area contributed by atoms with E-state index in [4.69, 9.17) is 5.26 Å². The van der Waals surface area contributed by atoms with Crippen molar-refractivity contribution in [1.29, 1.82) is 5.26 Å². The second-order valence-electron chi connectivity index (χ2n) is 5.99. The summed E-state index contributed by atoms with van der Waals surface area (Å²) in [7, 11) is 2.23. The highest BCUT2D eigenvalue weighted by Crippen LogP contribution is 2.28. The topological polar surface area (TPSA) is 39.1 Å². The van der Waals surface area contributed by atoms with Crippen molar-refractivity contribution >= 4 is 0 Å². The molecule has 0 bridgehead atoms. The molecule has 0 radical (unpaired) electrons. The fourth-order valence-corrected chi connectivity index (χ4v) is 3.04. The molecule has 1 unspecified atom stereocenters. The second kappa shape index (κ2) is 9.34. The molecule has 0 aliphatic heterocycles. The minimum Gasteiger partial charge on any atom is -0.303 e. The zero-order valence-corrected chi connectivity index (χ0v) is 13.0. The van der Waals surface area contributed by atoms with Crippen LogP contribution < -0.4 is 5.32 Å². The molecule has 1 saturated carbocycles. The van der Waals surface area contributed by atoms with Crippen molar-refractivity contribution in [3.05, 3.63) is 0 Å². The Balaban J connectivity index is 2.23. The smallest absolute Gasteiger partial charge is 0.0965 e. The van der Waals surface area contributed by atoms with E-state index >= 15 is 0 Å². The van der Waals surface area contributed by atoms with Gasteiger partial charge in [0, 0.05) is 12.6 Å². The summed E-state index contributed by atoms with van der Waals surface area (Å²) in [6, 6.07) is 3.14. The third kappa shape index (κ3) is 5.93. The zero-order chi connectivity index (χ0) is 14.1. The molecular weight excluding hydrogens is 234 g/mol. The van der Waals surface area contributed by atoms with E-state index in [2.05, 4.69) is 37.2 Å². The maximum atomic E-state index is 9.11. The Morgan fingerprint density at radius 2 is 1.95 bits per heavy atom. The first-order chi connectivity index (χ1) is 9.21. The molecule has 0 aromatic rings. The molecule has 0 saturated heterocycles. The summed E-state index contributed by atoms with van der Waals surface area (Å²) in [4.78, 5) is 2.48. The molecule has 0 aromatic heterocycles. The summed E-state index contributed by atoms with van der Waals surface area (Å²) in [5.74, 6) is 0.961. The second-order valence-corrected chi connectivity index (χ2v) is 5.99. The van der Waals surface area contributed by atoms with Crippen LogP contribution >= 0.6 is 0 Å². The molecule has 0 spiro atoms. The summed E-state index contributed by atoms with van der Waals surface area (Å²) >= 11 is 0. The first-order valence-electron chi connectivity index (χ1n) is 8.04. The van der Waals surface area contributed by atoms with Gasteiger partial charge in [-0.1, -0.05) is 20.3 Å². The first kappa shape index (κ1) is 16.5. The van der Waals surface area contributed by atoms with Crippen molar-refractivity contribution in [2.45, 2.75) is 70.9 Å². The number of hydrogen-bond donors (Lipinski definition) is 1. The Kier molecular flexibility index (Phi) is 8.09. The molecule has 0 amide bonds. The van der Waals surface area contributed by atoms with Gasteiger partial charge in [-0.05, 0) is 58.0 Å². The average Bonchev–Trinajstić information content (AvgIpc) is 2.47. The SMILES string of the molecule is CCCNC(C#N)CCN(C)C1CCC(CC)CC1. The molecule has 1 rings (SSSR count). The molecule has 0 aromatic carbocycles. The number of hydrogen-bond acceptors (Lipinski definition) is 3. The molecule has 1 fully saturated rings. The number of nitrogens with one attached hydrogen (secondary N) is 1. The van der Waals surface area contributed by atoms with Gasteiger partial charge in [-0.25, -0.2) is 0 Å². The lowest BCUT2D eigenvalue weighted by atomic mass is 9.84. The van der Waals surface area contributed by atoms with Crippen molar-refractivity contribution in [3.63, 3.8) is 0 Å². The van der Waals surface area contributed by atoms with Crippen LogP contribution in [-0.4, -0.2) is 37.1 Å². The van der Waals surface area contributed by atoms with Crippen LogP contribution in [0.2, 0.25) is 0 Å². The molecule has 0 heterocycles. The van der Waals surface area contributed by atoms with E-state index in [1.54, 1.807) is 0 Å². The van der Waals surface area contributed by atoms with Gasteiger partial charge in [0.2, 0.25) is 0 Å². The minimum atomic E-state index is 0.0226. The third-order valence-electron chi connectivity index (χ3n) is 4.58. The summed E-state index contributed by atoms with van der Waals surface area (Å²) in [5.41, 5.74) is 0. The predicted molar refractivity (Wildman–Crippen MR) is 81.0 cm³/mol. The van der Waals surface area contributed by atoms with Gasteiger partial charge < -0.3 is 10.2 Å². The van der Waals surface area contributed by atoms with Crippen molar-refractivity contribution in [3.8, 4) is 6.07 Å². The number of nitriles is 1. The van der Waals surface area contributed by atoms with E-state index in [1.807, 2.05) is 0 Å². The normalized spacial score (nSPS) is 25.2. The van der Waals surface area contributed by atoms with E-state index in [1.165, 1.54) is 32.1 Å².